The van der Waals surface area contributed by atoms with Crippen LogP contribution in [0.2, 0.25) is 0 Å². The lowest BCUT2D eigenvalue weighted by molar-refractivity contribution is 0.824. The number of azo groups is 1. The van der Waals surface area contributed by atoms with E-state index in [0.29, 0.717) is 0 Å². The van der Waals surface area contributed by atoms with Gasteiger partial charge >= 0.3 is 0 Å². The molecule has 0 unspecified atom stereocenters. The van der Waals surface area contributed by atoms with Gasteiger partial charge < -0.3 is 5.48 Å². The standard InChI is InChI=1S/C4H4N2.H2O/c1-2-4-6-5-3-1;/h1-4H;1H2/q+1;. The highest BCUT2D eigenvalue weighted by atomic mass is 16.0. The van der Waals surface area contributed by atoms with E-state index < -0.39 is 0 Å². The highest BCUT2D eigenvalue weighted by Crippen LogP contribution is 1.79. The monoisotopic (exact) mass is 98.0 g/mol. The van der Waals surface area contributed by atoms with Crippen molar-refractivity contribution in [1.29, 1.82) is 0 Å². The van der Waals surface area contributed by atoms with Crippen molar-refractivity contribution in [2.24, 2.45) is 5.11 Å². The molecule has 0 fully saturated rings. The van der Waals surface area contributed by atoms with Gasteiger partial charge in [-0.15, -0.1) is 0 Å². The molecule has 1 aliphatic rings. The van der Waals surface area contributed by atoms with Crippen LogP contribution >= 0.6 is 0 Å². The van der Waals surface area contributed by atoms with Crippen LogP contribution in [0.25, 0.3) is 0 Å². The van der Waals surface area contributed by atoms with E-state index in [1.54, 1.807) is 12.4 Å². The van der Waals surface area contributed by atoms with E-state index >= 15 is 0 Å². The Morgan fingerprint density at radius 1 is 1.29 bits per heavy atom. The highest BCUT2D eigenvalue weighted by Gasteiger charge is 1.83. The maximum absolute atomic E-state index is 3.53. The van der Waals surface area contributed by atoms with E-state index in [4.69, 9.17) is 0 Å². The molecule has 3 heteroatoms. The van der Waals surface area contributed by atoms with Crippen LogP contribution in [-0.2, 0) is 0 Å². The molecule has 0 aromatic rings. The van der Waals surface area contributed by atoms with Crippen LogP contribution in [0.1, 0.15) is 0 Å². The Bertz CT molecular complexity index is 79.1. The molecule has 1 radical (unpaired) electrons. The van der Waals surface area contributed by atoms with E-state index in [9.17, 15) is 0 Å². The predicted octanol–water partition coefficient (Wildman–Crippen LogP) is -0.00930. The van der Waals surface area contributed by atoms with Crippen LogP contribution in [-0.4, -0.2) is 5.48 Å². The van der Waals surface area contributed by atoms with Gasteiger partial charge in [0.15, 0.2) is 5.11 Å². The molecule has 1 aliphatic heterocycles. The molecule has 0 aromatic heterocycles. The van der Waals surface area contributed by atoms with Crippen molar-refractivity contribution in [1.82, 2.24) is 5.11 Å². The van der Waals surface area contributed by atoms with E-state index in [2.05, 4.69) is 10.2 Å². The molecule has 0 saturated carbocycles. The van der Waals surface area contributed by atoms with Gasteiger partial charge in [-0.05, 0) is 6.08 Å². The van der Waals surface area contributed by atoms with Crippen molar-refractivity contribution in [2.75, 3.05) is 0 Å². The lowest BCUT2D eigenvalue weighted by Gasteiger charge is -1.61. The molecule has 0 bridgehead atoms. The molecule has 0 aromatic carbocycles. The Labute approximate surface area is 41.4 Å². The van der Waals surface area contributed by atoms with Crippen molar-refractivity contribution in [3.05, 3.63) is 24.6 Å². The summed E-state index contributed by atoms with van der Waals surface area (Å²) in [6.45, 7) is 0. The van der Waals surface area contributed by atoms with Crippen LogP contribution in [0.3, 0.4) is 0 Å². The quantitative estimate of drug-likeness (QED) is 0.409. The normalized spacial score (nSPS) is 13.7. The zero-order valence-electron chi connectivity index (χ0n) is 3.70. The summed E-state index contributed by atoms with van der Waals surface area (Å²) < 4.78 is 0. The van der Waals surface area contributed by atoms with Gasteiger partial charge in [0.1, 0.15) is 6.20 Å². The van der Waals surface area contributed by atoms with Crippen LogP contribution < -0.4 is 5.11 Å². The molecule has 0 spiro atoms. The lowest BCUT2D eigenvalue weighted by atomic mass is 10.6. The Hall–Kier alpha value is -0.960. The van der Waals surface area contributed by atoms with Gasteiger partial charge in [-0.2, -0.15) is 0 Å². The average Bonchev–Trinajstić information content (AvgIpc) is 1.72. The van der Waals surface area contributed by atoms with E-state index in [-0.39, 0.29) is 5.48 Å². The Morgan fingerprint density at radius 2 is 2.14 bits per heavy atom. The van der Waals surface area contributed by atoms with Crippen molar-refractivity contribution >= 4 is 0 Å². The van der Waals surface area contributed by atoms with Gasteiger partial charge in [-0.25, -0.2) is 0 Å². The number of hydrogen-bond donors (Lipinski definition) is 0. The first-order chi connectivity index (χ1) is 3.00. The third-order valence-electron chi connectivity index (χ3n) is 0.483. The second-order valence-corrected chi connectivity index (χ2v) is 0.914. The molecule has 2 N–H and O–H groups in total. The maximum atomic E-state index is 3.53. The Kier molecular flexibility index (Phi) is 2.79. The molecule has 3 nitrogen and oxygen atoms in total. The molecular formula is C4H6N2O+. The van der Waals surface area contributed by atoms with Crippen molar-refractivity contribution in [2.45, 2.75) is 0 Å². The second-order valence-electron chi connectivity index (χ2n) is 0.914. The fourth-order valence-corrected chi connectivity index (χ4v) is 0.253. The van der Waals surface area contributed by atoms with E-state index in [0.717, 1.165) is 0 Å². The summed E-state index contributed by atoms with van der Waals surface area (Å²) in [5.41, 5.74) is 0. The fourth-order valence-electron chi connectivity index (χ4n) is 0.253. The van der Waals surface area contributed by atoms with Gasteiger partial charge in [-0.3, -0.25) is 0 Å². The smallest absolute Gasteiger partial charge is 0.277 e. The molecule has 0 aliphatic carbocycles. The van der Waals surface area contributed by atoms with Gasteiger partial charge in [0.05, 0.1) is 5.11 Å². The topological polar surface area (TPSA) is 58.0 Å². The Balaban J connectivity index is 0.000000360. The van der Waals surface area contributed by atoms with Crippen LogP contribution in [0.4, 0.5) is 0 Å². The average molecular weight is 98.1 g/mol. The van der Waals surface area contributed by atoms with Crippen LogP contribution in [0, 0.1) is 0 Å². The molecule has 1 rings (SSSR count). The largest absolute Gasteiger partial charge is 0.412 e. The maximum Gasteiger partial charge on any atom is 0.277 e. The summed E-state index contributed by atoms with van der Waals surface area (Å²) >= 11 is 0. The predicted molar refractivity (Wildman–Crippen MR) is 26.5 cm³/mol. The number of hydrogen-bond acceptors (Lipinski definition) is 2. The highest BCUT2D eigenvalue weighted by molar-refractivity contribution is 5.01. The minimum atomic E-state index is 0. The van der Waals surface area contributed by atoms with Gasteiger partial charge in [0, 0.05) is 6.08 Å². The molecule has 0 saturated heterocycles. The summed E-state index contributed by atoms with van der Waals surface area (Å²) in [7, 11) is 0. The first-order valence-electron chi connectivity index (χ1n) is 1.72. The summed E-state index contributed by atoms with van der Waals surface area (Å²) in [5, 5.41) is 7.07. The molecule has 7 heavy (non-hydrogen) atoms. The van der Waals surface area contributed by atoms with Gasteiger partial charge in [0.2, 0.25) is 0 Å². The van der Waals surface area contributed by atoms with Crippen LogP contribution in [0.15, 0.2) is 29.7 Å². The zero-order chi connectivity index (χ0) is 4.24. The number of rotatable bonds is 0. The lowest BCUT2D eigenvalue weighted by Crippen LogP contribution is -1.70. The Morgan fingerprint density at radius 3 is 2.29 bits per heavy atom. The molecule has 1 heterocycles. The minimum absolute atomic E-state index is 0. The van der Waals surface area contributed by atoms with Crippen LogP contribution in [0.5, 0.6) is 0 Å². The summed E-state index contributed by atoms with van der Waals surface area (Å²) in [4.78, 5) is 0. The van der Waals surface area contributed by atoms with E-state index in [1.165, 1.54) is 0 Å². The van der Waals surface area contributed by atoms with Crippen molar-refractivity contribution in [3.63, 3.8) is 0 Å². The first kappa shape index (κ1) is 6.04. The SMILES string of the molecule is C1=CN=[N+]C=C1.O. The molecule has 37 valence electrons. The van der Waals surface area contributed by atoms with Gasteiger partial charge in [0.25, 0.3) is 6.20 Å². The molecular weight excluding hydrogens is 92.1 g/mol. The second kappa shape index (κ2) is 3.24. The van der Waals surface area contributed by atoms with E-state index in [1.807, 2.05) is 12.2 Å². The number of nitrogens with zero attached hydrogens (tertiary/aromatic N) is 2. The summed E-state index contributed by atoms with van der Waals surface area (Å²) in [6.07, 6.45) is 6.93. The van der Waals surface area contributed by atoms with Crippen molar-refractivity contribution in [3.8, 4) is 0 Å². The third kappa shape index (κ3) is 1.83. The zero-order valence-corrected chi connectivity index (χ0v) is 3.70. The minimum Gasteiger partial charge on any atom is -0.412 e. The first-order valence-corrected chi connectivity index (χ1v) is 1.72. The summed E-state index contributed by atoms with van der Waals surface area (Å²) in [5.74, 6) is 0. The summed E-state index contributed by atoms with van der Waals surface area (Å²) in [6, 6.07) is 0. The van der Waals surface area contributed by atoms with Crippen molar-refractivity contribution < 1.29 is 5.48 Å². The molecule has 0 atom stereocenters. The number of allylic oxidation sites excluding steroid dienone is 2. The molecule has 0 amide bonds. The fraction of sp³-hybridized carbons (Fsp3) is 0. The van der Waals surface area contributed by atoms with Gasteiger partial charge in [-0.1, -0.05) is 0 Å². The third-order valence-corrected chi connectivity index (χ3v) is 0.483.